The minimum absolute atomic E-state index is 0.0677. The first-order valence-corrected chi connectivity index (χ1v) is 6.56. The summed E-state index contributed by atoms with van der Waals surface area (Å²) in [7, 11) is 0. The molecule has 102 valence electrons. The van der Waals surface area contributed by atoms with Crippen LogP contribution in [0.1, 0.15) is 40.5 Å². The molecule has 0 saturated carbocycles. The van der Waals surface area contributed by atoms with Gasteiger partial charge >= 0.3 is 5.97 Å². The van der Waals surface area contributed by atoms with Crippen LogP contribution in [0.2, 0.25) is 0 Å². The van der Waals surface area contributed by atoms with E-state index in [1.807, 2.05) is 27.7 Å². The third-order valence-corrected chi connectivity index (χ3v) is 2.34. The average molecular weight is 245 g/mol. The molecular formula is C13H27NO3. The lowest BCUT2D eigenvalue weighted by Crippen LogP contribution is -2.28. The SMILES string of the molecule is CCOC(=O)C(C)CNCCCCOC(C)C. The molecule has 0 amide bonds. The largest absolute Gasteiger partial charge is 0.466 e. The minimum atomic E-state index is -0.122. The normalized spacial score (nSPS) is 12.8. The maximum Gasteiger partial charge on any atom is 0.309 e. The fourth-order valence-corrected chi connectivity index (χ4v) is 1.36. The molecule has 0 aliphatic rings. The number of unbranched alkanes of at least 4 members (excludes halogenated alkanes) is 1. The van der Waals surface area contributed by atoms with Crippen LogP contribution in [0.4, 0.5) is 0 Å². The van der Waals surface area contributed by atoms with Gasteiger partial charge in [-0.3, -0.25) is 4.79 Å². The molecule has 1 atom stereocenters. The monoisotopic (exact) mass is 245 g/mol. The molecule has 1 N–H and O–H groups in total. The number of carbonyl (C=O) groups is 1. The van der Waals surface area contributed by atoms with Crippen molar-refractivity contribution in [3.63, 3.8) is 0 Å². The summed E-state index contributed by atoms with van der Waals surface area (Å²) in [4.78, 5) is 11.3. The molecule has 0 aliphatic carbocycles. The fraction of sp³-hybridized carbons (Fsp3) is 0.923. The lowest BCUT2D eigenvalue weighted by atomic mass is 10.2. The van der Waals surface area contributed by atoms with Crippen molar-refractivity contribution in [2.75, 3.05) is 26.3 Å². The third kappa shape index (κ3) is 10.3. The Kier molecular flexibility index (Phi) is 10.2. The van der Waals surface area contributed by atoms with E-state index in [0.29, 0.717) is 19.3 Å². The zero-order valence-electron chi connectivity index (χ0n) is 11.6. The van der Waals surface area contributed by atoms with Gasteiger partial charge in [0.15, 0.2) is 0 Å². The van der Waals surface area contributed by atoms with E-state index in [1.165, 1.54) is 0 Å². The van der Waals surface area contributed by atoms with Crippen molar-refractivity contribution in [2.45, 2.75) is 46.6 Å². The first kappa shape index (κ1) is 16.4. The van der Waals surface area contributed by atoms with Crippen LogP contribution in [0.5, 0.6) is 0 Å². The number of rotatable bonds is 10. The van der Waals surface area contributed by atoms with E-state index in [1.54, 1.807) is 0 Å². The summed E-state index contributed by atoms with van der Waals surface area (Å²) in [5, 5.41) is 3.26. The third-order valence-electron chi connectivity index (χ3n) is 2.34. The van der Waals surface area contributed by atoms with E-state index in [2.05, 4.69) is 5.32 Å². The smallest absolute Gasteiger partial charge is 0.309 e. The quantitative estimate of drug-likeness (QED) is 0.472. The van der Waals surface area contributed by atoms with E-state index < -0.39 is 0 Å². The van der Waals surface area contributed by atoms with Crippen molar-refractivity contribution >= 4 is 5.97 Å². The molecule has 0 heterocycles. The second kappa shape index (κ2) is 10.5. The molecule has 0 saturated heterocycles. The summed E-state index contributed by atoms with van der Waals surface area (Å²) in [6.45, 7) is 10.7. The van der Waals surface area contributed by atoms with Gasteiger partial charge < -0.3 is 14.8 Å². The van der Waals surface area contributed by atoms with Gasteiger partial charge in [0.1, 0.15) is 0 Å². The van der Waals surface area contributed by atoms with Gasteiger partial charge in [-0.15, -0.1) is 0 Å². The number of nitrogens with one attached hydrogen (secondary N) is 1. The molecule has 0 aliphatic heterocycles. The van der Waals surface area contributed by atoms with Gasteiger partial charge in [0, 0.05) is 13.2 Å². The van der Waals surface area contributed by atoms with Gasteiger partial charge in [-0.05, 0) is 40.2 Å². The van der Waals surface area contributed by atoms with Crippen molar-refractivity contribution in [3.8, 4) is 0 Å². The summed E-state index contributed by atoms with van der Waals surface area (Å²) >= 11 is 0. The number of esters is 1. The van der Waals surface area contributed by atoms with Crippen LogP contribution in [0.25, 0.3) is 0 Å². The van der Waals surface area contributed by atoms with Crippen LogP contribution >= 0.6 is 0 Å². The fourth-order valence-electron chi connectivity index (χ4n) is 1.36. The second-order valence-electron chi connectivity index (χ2n) is 4.48. The van der Waals surface area contributed by atoms with Crippen molar-refractivity contribution in [1.82, 2.24) is 5.32 Å². The van der Waals surface area contributed by atoms with E-state index in [0.717, 1.165) is 26.0 Å². The zero-order chi connectivity index (χ0) is 13.1. The molecule has 0 radical (unpaired) electrons. The van der Waals surface area contributed by atoms with Crippen molar-refractivity contribution in [3.05, 3.63) is 0 Å². The van der Waals surface area contributed by atoms with Crippen LogP contribution in [-0.2, 0) is 14.3 Å². The number of hydrogen-bond donors (Lipinski definition) is 1. The molecule has 0 aromatic rings. The van der Waals surface area contributed by atoms with E-state index in [4.69, 9.17) is 9.47 Å². The number of ether oxygens (including phenoxy) is 2. The maximum absolute atomic E-state index is 11.3. The van der Waals surface area contributed by atoms with Crippen LogP contribution in [0.3, 0.4) is 0 Å². The van der Waals surface area contributed by atoms with E-state index in [9.17, 15) is 4.79 Å². The lowest BCUT2D eigenvalue weighted by Gasteiger charge is -2.11. The predicted molar refractivity (Wildman–Crippen MR) is 69.0 cm³/mol. The summed E-state index contributed by atoms with van der Waals surface area (Å²) in [5.74, 6) is -0.190. The molecular weight excluding hydrogens is 218 g/mol. The van der Waals surface area contributed by atoms with Crippen LogP contribution < -0.4 is 5.32 Å². The van der Waals surface area contributed by atoms with Crippen LogP contribution in [0, 0.1) is 5.92 Å². The summed E-state index contributed by atoms with van der Waals surface area (Å²) in [5.41, 5.74) is 0. The average Bonchev–Trinajstić information content (AvgIpc) is 2.27. The van der Waals surface area contributed by atoms with Crippen molar-refractivity contribution < 1.29 is 14.3 Å². The molecule has 0 fully saturated rings. The highest BCUT2D eigenvalue weighted by Gasteiger charge is 2.12. The Morgan fingerprint density at radius 3 is 2.53 bits per heavy atom. The van der Waals surface area contributed by atoms with Crippen LogP contribution in [-0.4, -0.2) is 38.4 Å². The highest BCUT2D eigenvalue weighted by molar-refractivity contribution is 5.72. The molecule has 1 unspecified atom stereocenters. The first-order valence-electron chi connectivity index (χ1n) is 6.56. The topological polar surface area (TPSA) is 47.6 Å². The molecule has 0 aromatic carbocycles. The summed E-state index contributed by atoms with van der Waals surface area (Å²) < 4.78 is 10.4. The number of carbonyl (C=O) groups excluding carboxylic acids is 1. The Balaban J connectivity index is 3.30. The molecule has 0 rings (SSSR count). The van der Waals surface area contributed by atoms with Gasteiger partial charge in [0.2, 0.25) is 0 Å². The van der Waals surface area contributed by atoms with Crippen molar-refractivity contribution in [1.29, 1.82) is 0 Å². The molecule has 4 nitrogen and oxygen atoms in total. The zero-order valence-corrected chi connectivity index (χ0v) is 11.6. The Labute approximate surface area is 105 Å². The second-order valence-corrected chi connectivity index (χ2v) is 4.48. The Morgan fingerprint density at radius 1 is 1.24 bits per heavy atom. The van der Waals surface area contributed by atoms with E-state index >= 15 is 0 Å². The molecule has 4 heteroatoms. The standard InChI is InChI=1S/C13H27NO3/c1-5-16-13(15)12(4)10-14-8-6-7-9-17-11(2)3/h11-12,14H,5-10H2,1-4H3. The molecule has 0 spiro atoms. The molecule has 17 heavy (non-hydrogen) atoms. The molecule has 0 bridgehead atoms. The van der Waals surface area contributed by atoms with Gasteiger partial charge in [-0.1, -0.05) is 6.92 Å². The molecule has 0 aromatic heterocycles. The van der Waals surface area contributed by atoms with Crippen molar-refractivity contribution in [2.24, 2.45) is 5.92 Å². The summed E-state index contributed by atoms with van der Waals surface area (Å²) in [6.07, 6.45) is 2.44. The van der Waals surface area contributed by atoms with Gasteiger partial charge in [-0.25, -0.2) is 0 Å². The lowest BCUT2D eigenvalue weighted by molar-refractivity contribution is -0.147. The first-order chi connectivity index (χ1) is 8.07. The van der Waals surface area contributed by atoms with E-state index in [-0.39, 0.29) is 11.9 Å². The van der Waals surface area contributed by atoms with Gasteiger partial charge in [0.25, 0.3) is 0 Å². The summed E-state index contributed by atoms with van der Waals surface area (Å²) in [6, 6.07) is 0. The maximum atomic E-state index is 11.3. The predicted octanol–water partition coefficient (Wildman–Crippen LogP) is 1.98. The highest BCUT2D eigenvalue weighted by Crippen LogP contribution is 1.97. The minimum Gasteiger partial charge on any atom is -0.466 e. The Morgan fingerprint density at radius 2 is 1.94 bits per heavy atom. The highest BCUT2D eigenvalue weighted by atomic mass is 16.5. The van der Waals surface area contributed by atoms with Gasteiger partial charge in [-0.2, -0.15) is 0 Å². The van der Waals surface area contributed by atoms with Crippen LogP contribution in [0.15, 0.2) is 0 Å². The Hall–Kier alpha value is -0.610. The Bertz CT molecular complexity index is 195. The number of hydrogen-bond acceptors (Lipinski definition) is 4. The van der Waals surface area contributed by atoms with Gasteiger partial charge in [0.05, 0.1) is 18.6 Å².